The highest BCUT2D eigenvalue weighted by molar-refractivity contribution is 5.92. The molecule has 0 aromatic rings. The second kappa shape index (κ2) is 6.69. The molecule has 0 bridgehead atoms. The summed E-state index contributed by atoms with van der Waals surface area (Å²) >= 11 is 0. The highest BCUT2D eigenvalue weighted by Crippen LogP contribution is 2.19. The highest BCUT2D eigenvalue weighted by atomic mass is 16.5. The quantitative estimate of drug-likeness (QED) is 0.678. The number of hydrogen-bond donors (Lipinski definition) is 2. The maximum atomic E-state index is 12.1. The van der Waals surface area contributed by atoms with E-state index in [1.165, 1.54) is 6.92 Å². The van der Waals surface area contributed by atoms with Crippen LogP contribution in [-0.2, 0) is 19.1 Å². The normalized spacial score (nSPS) is 21.6. The highest BCUT2D eigenvalue weighted by Gasteiger charge is 2.39. The minimum absolute atomic E-state index is 0.101. The van der Waals surface area contributed by atoms with Gasteiger partial charge in [-0.25, -0.2) is 4.79 Å². The SMILES string of the molecule is CCC(C)(NC(=O)C1CC(=O)N(CCOC)C1)C(=O)O. The van der Waals surface area contributed by atoms with Crippen molar-refractivity contribution in [1.29, 1.82) is 0 Å². The lowest BCUT2D eigenvalue weighted by atomic mass is 9.97. The number of carboxylic acid groups (broad SMARTS) is 1. The Balaban J connectivity index is 2.61. The summed E-state index contributed by atoms with van der Waals surface area (Å²) in [5.41, 5.74) is -1.29. The fourth-order valence-electron chi connectivity index (χ4n) is 2.03. The predicted octanol–water partition coefficient (Wildman–Crippen LogP) is -0.149. The number of rotatable bonds is 7. The van der Waals surface area contributed by atoms with Crippen molar-refractivity contribution in [2.24, 2.45) is 5.92 Å². The van der Waals surface area contributed by atoms with E-state index in [2.05, 4.69) is 5.32 Å². The van der Waals surface area contributed by atoms with Gasteiger partial charge in [-0.1, -0.05) is 6.92 Å². The van der Waals surface area contributed by atoms with Crippen molar-refractivity contribution in [3.8, 4) is 0 Å². The minimum atomic E-state index is -1.29. The van der Waals surface area contributed by atoms with Crippen LogP contribution in [0.1, 0.15) is 26.7 Å². The van der Waals surface area contributed by atoms with E-state index in [1.807, 2.05) is 0 Å². The Labute approximate surface area is 118 Å². The number of hydrogen-bond acceptors (Lipinski definition) is 4. The molecular formula is C13H22N2O5. The van der Waals surface area contributed by atoms with E-state index in [0.717, 1.165) is 0 Å². The van der Waals surface area contributed by atoms with Crippen molar-refractivity contribution in [1.82, 2.24) is 10.2 Å². The van der Waals surface area contributed by atoms with E-state index in [-0.39, 0.29) is 24.7 Å². The van der Waals surface area contributed by atoms with E-state index < -0.39 is 17.4 Å². The molecule has 0 aromatic heterocycles. The van der Waals surface area contributed by atoms with Crippen LogP contribution >= 0.6 is 0 Å². The molecule has 0 saturated carbocycles. The molecule has 1 heterocycles. The zero-order valence-electron chi connectivity index (χ0n) is 12.1. The van der Waals surface area contributed by atoms with Gasteiger partial charge in [0.15, 0.2) is 0 Å². The summed E-state index contributed by atoms with van der Waals surface area (Å²) < 4.78 is 4.91. The first kappa shape index (κ1) is 16.4. The molecule has 114 valence electrons. The molecule has 2 unspecified atom stereocenters. The molecule has 1 saturated heterocycles. The maximum Gasteiger partial charge on any atom is 0.329 e. The lowest BCUT2D eigenvalue weighted by molar-refractivity contribution is -0.147. The van der Waals surface area contributed by atoms with Gasteiger partial charge in [0, 0.05) is 26.6 Å². The number of nitrogens with one attached hydrogen (secondary N) is 1. The summed E-state index contributed by atoms with van der Waals surface area (Å²) in [6.45, 7) is 4.34. The molecule has 1 fully saturated rings. The van der Waals surface area contributed by atoms with Crippen LogP contribution in [0.4, 0.5) is 0 Å². The molecule has 0 aromatic carbocycles. The smallest absolute Gasteiger partial charge is 0.329 e. The van der Waals surface area contributed by atoms with Crippen molar-refractivity contribution in [3.05, 3.63) is 0 Å². The lowest BCUT2D eigenvalue weighted by Crippen LogP contribution is -2.53. The second-order valence-electron chi connectivity index (χ2n) is 5.21. The first-order valence-electron chi connectivity index (χ1n) is 6.66. The van der Waals surface area contributed by atoms with E-state index in [1.54, 1.807) is 18.9 Å². The third kappa shape index (κ3) is 3.69. The van der Waals surface area contributed by atoms with Gasteiger partial charge in [0.25, 0.3) is 0 Å². The van der Waals surface area contributed by atoms with Crippen LogP contribution in [-0.4, -0.2) is 60.1 Å². The Morgan fingerprint density at radius 2 is 2.20 bits per heavy atom. The molecule has 7 heteroatoms. The Hall–Kier alpha value is -1.63. The Morgan fingerprint density at radius 3 is 2.70 bits per heavy atom. The minimum Gasteiger partial charge on any atom is -0.480 e. The van der Waals surface area contributed by atoms with Gasteiger partial charge in [0.05, 0.1) is 12.5 Å². The molecule has 1 aliphatic rings. The van der Waals surface area contributed by atoms with Crippen molar-refractivity contribution in [3.63, 3.8) is 0 Å². The van der Waals surface area contributed by atoms with Gasteiger partial charge in [0.1, 0.15) is 5.54 Å². The van der Waals surface area contributed by atoms with Crippen LogP contribution in [0, 0.1) is 5.92 Å². The van der Waals surface area contributed by atoms with Crippen molar-refractivity contribution >= 4 is 17.8 Å². The average molecular weight is 286 g/mol. The van der Waals surface area contributed by atoms with Gasteiger partial charge >= 0.3 is 5.97 Å². The molecule has 0 aliphatic carbocycles. The van der Waals surface area contributed by atoms with E-state index in [9.17, 15) is 14.4 Å². The molecular weight excluding hydrogens is 264 g/mol. The first-order chi connectivity index (χ1) is 9.34. The molecule has 1 aliphatic heterocycles. The Bertz CT molecular complexity index is 398. The molecule has 0 spiro atoms. The Morgan fingerprint density at radius 1 is 1.55 bits per heavy atom. The van der Waals surface area contributed by atoms with E-state index in [0.29, 0.717) is 19.7 Å². The summed E-state index contributed by atoms with van der Waals surface area (Å²) in [6.07, 6.45) is 0.400. The summed E-state index contributed by atoms with van der Waals surface area (Å²) in [5.74, 6) is -2.06. The van der Waals surface area contributed by atoms with Gasteiger partial charge in [-0.15, -0.1) is 0 Å². The predicted molar refractivity (Wildman–Crippen MR) is 71.0 cm³/mol. The summed E-state index contributed by atoms with van der Waals surface area (Å²) in [4.78, 5) is 36.6. The monoisotopic (exact) mass is 286 g/mol. The van der Waals surface area contributed by atoms with Crippen LogP contribution in [0.25, 0.3) is 0 Å². The summed E-state index contributed by atoms with van der Waals surface area (Å²) in [7, 11) is 1.55. The van der Waals surface area contributed by atoms with E-state index >= 15 is 0 Å². The number of aliphatic carboxylic acids is 1. The fraction of sp³-hybridized carbons (Fsp3) is 0.769. The number of methoxy groups -OCH3 is 1. The fourth-order valence-corrected chi connectivity index (χ4v) is 2.03. The third-order valence-electron chi connectivity index (χ3n) is 3.73. The zero-order chi connectivity index (χ0) is 15.3. The van der Waals surface area contributed by atoms with Crippen molar-refractivity contribution < 1.29 is 24.2 Å². The summed E-state index contributed by atoms with van der Waals surface area (Å²) in [6, 6.07) is 0. The molecule has 7 nitrogen and oxygen atoms in total. The van der Waals surface area contributed by atoms with Crippen molar-refractivity contribution in [2.45, 2.75) is 32.2 Å². The molecule has 0 radical (unpaired) electrons. The summed E-state index contributed by atoms with van der Waals surface area (Å²) in [5, 5.41) is 11.7. The first-order valence-corrected chi connectivity index (χ1v) is 6.66. The molecule has 2 N–H and O–H groups in total. The molecule has 2 atom stereocenters. The lowest BCUT2D eigenvalue weighted by Gasteiger charge is -2.26. The number of carboxylic acids is 1. The zero-order valence-corrected chi connectivity index (χ0v) is 12.1. The van der Waals surface area contributed by atoms with E-state index in [4.69, 9.17) is 9.84 Å². The third-order valence-corrected chi connectivity index (χ3v) is 3.73. The number of amides is 2. The molecule has 20 heavy (non-hydrogen) atoms. The van der Waals surface area contributed by atoms with Crippen molar-refractivity contribution in [2.75, 3.05) is 26.8 Å². The average Bonchev–Trinajstić information content (AvgIpc) is 2.77. The van der Waals surface area contributed by atoms with Crippen LogP contribution in [0.3, 0.4) is 0 Å². The number of carbonyl (C=O) groups is 3. The van der Waals surface area contributed by atoms with Crippen LogP contribution in [0.15, 0.2) is 0 Å². The second-order valence-corrected chi connectivity index (χ2v) is 5.21. The standard InChI is InChI=1S/C13H22N2O5/c1-4-13(2,12(18)19)14-11(17)9-7-10(16)15(8-9)5-6-20-3/h9H,4-8H2,1-3H3,(H,14,17)(H,18,19). The Kier molecular flexibility index (Phi) is 5.50. The van der Waals surface area contributed by atoms with Gasteiger partial charge in [-0.2, -0.15) is 0 Å². The number of likely N-dealkylation sites (tertiary alicyclic amines) is 1. The van der Waals surface area contributed by atoms with Gasteiger partial charge in [0.2, 0.25) is 11.8 Å². The van der Waals surface area contributed by atoms with Crippen LogP contribution in [0.5, 0.6) is 0 Å². The molecule has 1 rings (SSSR count). The van der Waals surface area contributed by atoms with Gasteiger partial charge in [-0.3, -0.25) is 9.59 Å². The largest absolute Gasteiger partial charge is 0.480 e. The maximum absolute atomic E-state index is 12.1. The van der Waals surface area contributed by atoms with Crippen LogP contribution < -0.4 is 5.32 Å². The number of nitrogens with zero attached hydrogens (tertiary/aromatic N) is 1. The molecule has 2 amide bonds. The van der Waals surface area contributed by atoms with Gasteiger partial charge < -0.3 is 20.1 Å². The van der Waals surface area contributed by atoms with Crippen LogP contribution in [0.2, 0.25) is 0 Å². The van der Waals surface area contributed by atoms with Gasteiger partial charge in [-0.05, 0) is 13.3 Å². The number of carbonyl (C=O) groups excluding carboxylic acids is 2. The topological polar surface area (TPSA) is 95.9 Å². The number of ether oxygens (including phenoxy) is 1.